The van der Waals surface area contributed by atoms with E-state index in [4.69, 9.17) is 9.47 Å². The molecule has 0 aromatic heterocycles. The topological polar surface area (TPSA) is 91.9 Å². The van der Waals surface area contributed by atoms with E-state index in [1.54, 1.807) is 14.2 Å². The zero-order valence-corrected chi connectivity index (χ0v) is 13.6. The molecule has 7 nitrogen and oxygen atoms in total. The number of amides is 2. The second kappa shape index (κ2) is 8.03. The predicted molar refractivity (Wildman–Crippen MR) is 86.8 cm³/mol. The summed E-state index contributed by atoms with van der Waals surface area (Å²) < 4.78 is 10.6. The van der Waals surface area contributed by atoms with Crippen molar-refractivity contribution in [3.63, 3.8) is 0 Å². The summed E-state index contributed by atoms with van der Waals surface area (Å²) in [4.78, 5) is 12.0. The minimum atomic E-state index is -0.877. The van der Waals surface area contributed by atoms with Crippen molar-refractivity contribution in [1.82, 2.24) is 16.0 Å². The van der Waals surface area contributed by atoms with Crippen LogP contribution in [0.3, 0.4) is 0 Å². The Labute approximate surface area is 136 Å². The molecule has 23 heavy (non-hydrogen) atoms. The zero-order valence-electron chi connectivity index (χ0n) is 13.6. The van der Waals surface area contributed by atoms with Gasteiger partial charge in [0.05, 0.1) is 31.9 Å². The summed E-state index contributed by atoms with van der Waals surface area (Å²) in [6.07, 6.45) is 1.58. The number of rotatable bonds is 6. The van der Waals surface area contributed by atoms with Crippen LogP contribution < -0.4 is 25.4 Å². The maximum Gasteiger partial charge on any atom is 0.315 e. The summed E-state index contributed by atoms with van der Waals surface area (Å²) in [5.74, 6) is 1.31. The number of methoxy groups -OCH3 is 2. The van der Waals surface area contributed by atoms with E-state index in [0.29, 0.717) is 24.5 Å². The van der Waals surface area contributed by atoms with Gasteiger partial charge in [-0.2, -0.15) is 0 Å². The molecule has 0 radical (unpaired) electrons. The number of hydrogen-bond donors (Lipinski definition) is 4. The van der Waals surface area contributed by atoms with E-state index in [1.807, 2.05) is 18.2 Å². The summed E-state index contributed by atoms with van der Waals surface area (Å²) in [5, 5.41) is 18.9. The molecule has 1 unspecified atom stereocenters. The van der Waals surface area contributed by atoms with Crippen LogP contribution in [0, 0.1) is 0 Å². The van der Waals surface area contributed by atoms with Gasteiger partial charge in [-0.3, -0.25) is 0 Å². The summed E-state index contributed by atoms with van der Waals surface area (Å²) >= 11 is 0. The Hall–Kier alpha value is -1.99. The monoisotopic (exact) mass is 323 g/mol. The minimum Gasteiger partial charge on any atom is -0.496 e. The zero-order chi connectivity index (χ0) is 16.7. The highest BCUT2D eigenvalue weighted by atomic mass is 16.5. The summed E-state index contributed by atoms with van der Waals surface area (Å²) in [6.45, 7) is 1.89. The van der Waals surface area contributed by atoms with Crippen LogP contribution in [0.2, 0.25) is 0 Å². The molecule has 1 fully saturated rings. The normalized spacial score (nSPS) is 20.7. The van der Waals surface area contributed by atoms with Crippen molar-refractivity contribution in [1.29, 1.82) is 0 Å². The van der Waals surface area contributed by atoms with Gasteiger partial charge in [0.1, 0.15) is 11.5 Å². The molecule has 0 saturated carbocycles. The molecule has 1 aliphatic heterocycles. The average molecular weight is 323 g/mol. The Morgan fingerprint density at radius 2 is 2.00 bits per heavy atom. The van der Waals surface area contributed by atoms with Crippen LogP contribution >= 0.6 is 0 Å². The molecule has 4 N–H and O–H groups in total. The third-order valence-electron chi connectivity index (χ3n) is 3.98. The predicted octanol–water partition coefficient (Wildman–Crippen LogP) is 0.617. The first-order valence-electron chi connectivity index (χ1n) is 7.72. The molecule has 128 valence electrons. The van der Waals surface area contributed by atoms with Crippen LogP contribution in [0.1, 0.15) is 18.4 Å². The van der Waals surface area contributed by atoms with Gasteiger partial charge in [0.25, 0.3) is 0 Å². The third-order valence-corrected chi connectivity index (χ3v) is 3.98. The molecule has 1 heterocycles. The molecular formula is C16H25N3O4. The molecule has 1 aromatic carbocycles. The van der Waals surface area contributed by atoms with Gasteiger partial charge in [-0.25, -0.2) is 4.79 Å². The van der Waals surface area contributed by atoms with Gasteiger partial charge in [0.2, 0.25) is 0 Å². The first-order valence-corrected chi connectivity index (χ1v) is 7.72. The molecule has 2 rings (SSSR count). The smallest absolute Gasteiger partial charge is 0.315 e. The Bertz CT molecular complexity index is 508. The van der Waals surface area contributed by atoms with Gasteiger partial charge >= 0.3 is 6.03 Å². The molecule has 1 aliphatic rings. The van der Waals surface area contributed by atoms with Gasteiger partial charge in [-0.15, -0.1) is 0 Å². The molecule has 1 aromatic rings. The number of urea groups is 1. The van der Waals surface area contributed by atoms with E-state index < -0.39 is 5.60 Å². The van der Waals surface area contributed by atoms with Gasteiger partial charge < -0.3 is 30.5 Å². The van der Waals surface area contributed by atoms with Crippen LogP contribution in [-0.4, -0.2) is 50.6 Å². The lowest BCUT2D eigenvalue weighted by Crippen LogP contribution is -2.54. The molecule has 0 bridgehead atoms. The van der Waals surface area contributed by atoms with Crippen LogP contribution in [0.4, 0.5) is 4.79 Å². The van der Waals surface area contributed by atoms with E-state index in [1.165, 1.54) is 0 Å². The number of ether oxygens (including phenoxy) is 2. The first kappa shape index (κ1) is 17.4. The van der Waals surface area contributed by atoms with Crippen molar-refractivity contribution < 1.29 is 19.4 Å². The van der Waals surface area contributed by atoms with Gasteiger partial charge in [0, 0.05) is 13.1 Å². The SMILES string of the molecule is COc1cccc(OC)c1CNC(=O)NCC1(O)CCCNC1. The number of nitrogens with one attached hydrogen (secondary N) is 3. The maximum absolute atomic E-state index is 12.0. The second-order valence-corrected chi connectivity index (χ2v) is 5.68. The van der Waals surface area contributed by atoms with Crippen molar-refractivity contribution >= 4 is 6.03 Å². The fourth-order valence-corrected chi connectivity index (χ4v) is 2.68. The number of piperidine rings is 1. The van der Waals surface area contributed by atoms with Crippen molar-refractivity contribution in [3.05, 3.63) is 23.8 Å². The number of hydrogen-bond acceptors (Lipinski definition) is 5. The largest absolute Gasteiger partial charge is 0.496 e. The van der Waals surface area contributed by atoms with E-state index in [2.05, 4.69) is 16.0 Å². The molecular weight excluding hydrogens is 298 g/mol. The number of carbonyl (C=O) groups is 1. The van der Waals surface area contributed by atoms with Crippen molar-refractivity contribution in [2.24, 2.45) is 0 Å². The van der Waals surface area contributed by atoms with Crippen LogP contribution in [0.5, 0.6) is 11.5 Å². The van der Waals surface area contributed by atoms with Crippen LogP contribution in [0.15, 0.2) is 18.2 Å². The molecule has 2 amide bonds. The van der Waals surface area contributed by atoms with Crippen LogP contribution in [-0.2, 0) is 6.54 Å². The Morgan fingerprint density at radius 1 is 1.30 bits per heavy atom. The fraction of sp³-hybridized carbons (Fsp3) is 0.562. The summed E-state index contributed by atoms with van der Waals surface area (Å²) in [7, 11) is 3.15. The van der Waals surface area contributed by atoms with Crippen LogP contribution in [0.25, 0.3) is 0 Å². The number of benzene rings is 1. The fourth-order valence-electron chi connectivity index (χ4n) is 2.68. The quantitative estimate of drug-likeness (QED) is 0.616. The van der Waals surface area contributed by atoms with Crippen molar-refractivity contribution in [2.75, 3.05) is 33.9 Å². The Balaban J connectivity index is 1.87. The van der Waals surface area contributed by atoms with E-state index in [9.17, 15) is 9.90 Å². The third kappa shape index (κ3) is 4.74. The Morgan fingerprint density at radius 3 is 2.57 bits per heavy atom. The lowest BCUT2D eigenvalue weighted by Gasteiger charge is -2.32. The van der Waals surface area contributed by atoms with Crippen molar-refractivity contribution in [2.45, 2.75) is 25.0 Å². The van der Waals surface area contributed by atoms with Gasteiger partial charge in [0.15, 0.2) is 0 Å². The standard InChI is InChI=1S/C16H25N3O4/c1-22-13-5-3-6-14(23-2)12(13)9-18-15(20)19-11-16(21)7-4-8-17-10-16/h3,5-6,17,21H,4,7-11H2,1-2H3,(H2,18,19,20). The summed E-state index contributed by atoms with van der Waals surface area (Å²) in [5.41, 5.74) is -0.108. The number of aliphatic hydroxyl groups is 1. The average Bonchev–Trinajstić information content (AvgIpc) is 2.58. The molecule has 0 aliphatic carbocycles. The van der Waals surface area contributed by atoms with Gasteiger partial charge in [-0.1, -0.05) is 6.07 Å². The molecule has 7 heteroatoms. The van der Waals surface area contributed by atoms with E-state index in [0.717, 1.165) is 18.5 Å². The van der Waals surface area contributed by atoms with Crippen molar-refractivity contribution in [3.8, 4) is 11.5 Å². The molecule has 0 spiro atoms. The highest BCUT2D eigenvalue weighted by molar-refractivity contribution is 5.74. The summed E-state index contributed by atoms with van der Waals surface area (Å²) in [6, 6.07) is 5.12. The number of β-amino-alcohol motifs (C(OH)–C–C–N with tert-alkyl or cyclic N) is 1. The Kier molecular flexibility index (Phi) is 6.06. The molecule has 1 atom stereocenters. The first-order chi connectivity index (χ1) is 11.1. The number of carbonyl (C=O) groups excluding carboxylic acids is 1. The maximum atomic E-state index is 12.0. The lowest BCUT2D eigenvalue weighted by atomic mass is 9.94. The molecule has 1 saturated heterocycles. The van der Waals surface area contributed by atoms with E-state index in [-0.39, 0.29) is 19.1 Å². The lowest BCUT2D eigenvalue weighted by molar-refractivity contribution is 0.0194. The minimum absolute atomic E-state index is 0.217. The van der Waals surface area contributed by atoms with Gasteiger partial charge in [-0.05, 0) is 31.5 Å². The highest BCUT2D eigenvalue weighted by Crippen LogP contribution is 2.27. The second-order valence-electron chi connectivity index (χ2n) is 5.68. The van der Waals surface area contributed by atoms with E-state index >= 15 is 0 Å². The highest BCUT2D eigenvalue weighted by Gasteiger charge is 2.29.